The lowest BCUT2D eigenvalue weighted by molar-refractivity contribution is -0.125. The summed E-state index contributed by atoms with van der Waals surface area (Å²) in [5, 5.41) is 49.4. The van der Waals surface area contributed by atoms with Gasteiger partial charge in [0.05, 0.1) is 37.3 Å². The number of ether oxygens (including phenoxy) is 1. The van der Waals surface area contributed by atoms with Crippen LogP contribution in [0.2, 0.25) is 0 Å². The number of carbonyl (C=O) groups excluding carboxylic acids is 2. The standard InChI is InChI=1S/C31H33N9O7/c41-14-19(11-18-7-3-1-4-8-18)34-28-25-29(40(17-33-25)22-12-21(26(44)27(22)45)35-24(43)15-42)38-30(37-28)39-13-23(32-16-39)36-31(46)47-20-9-5-2-6-10-20/h1-10,13,16-17,19,21-22,26-27,41-42,44-45H,11-12,14-15H2,(H,35,43)(H,36,46)(H,34,37,38)/t19-,21-,22+,26+,27-/m0/s1. The van der Waals surface area contributed by atoms with Crippen molar-refractivity contribution in [1.29, 1.82) is 0 Å². The zero-order valence-electron chi connectivity index (χ0n) is 24.9. The lowest BCUT2D eigenvalue weighted by Gasteiger charge is -2.20. The van der Waals surface area contributed by atoms with E-state index in [1.807, 2.05) is 30.3 Å². The van der Waals surface area contributed by atoms with Crippen molar-refractivity contribution in [3.63, 3.8) is 0 Å². The molecule has 1 fully saturated rings. The molecule has 7 N–H and O–H groups in total. The third-order valence-corrected chi connectivity index (χ3v) is 7.79. The molecular formula is C31H33N9O7. The molecule has 0 saturated heterocycles. The highest BCUT2D eigenvalue weighted by Gasteiger charge is 2.44. The summed E-state index contributed by atoms with van der Waals surface area (Å²) >= 11 is 0. The minimum absolute atomic E-state index is 0.119. The van der Waals surface area contributed by atoms with E-state index in [1.54, 1.807) is 34.9 Å². The Bertz CT molecular complexity index is 1830. The Balaban J connectivity index is 1.33. The Morgan fingerprint density at radius 2 is 1.70 bits per heavy atom. The molecule has 0 spiro atoms. The number of hydrogen-bond donors (Lipinski definition) is 7. The zero-order valence-corrected chi connectivity index (χ0v) is 24.9. The quantitative estimate of drug-likeness (QED) is 0.106. The van der Waals surface area contributed by atoms with Crippen LogP contribution in [-0.2, 0) is 11.2 Å². The molecule has 47 heavy (non-hydrogen) atoms. The third kappa shape index (κ3) is 7.05. The molecule has 2 aromatic carbocycles. The molecule has 16 heteroatoms. The number of imidazole rings is 2. The Kier molecular flexibility index (Phi) is 9.35. The first-order chi connectivity index (χ1) is 22.8. The number of aromatic nitrogens is 6. The van der Waals surface area contributed by atoms with Crippen molar-refractivity contribution in [2.24, 2.45) is 0 Å². The number of aliphatic hydroxyl groups excluding tert-OH is 4. The fraction of sp³-hybridized carbons (Fsp3) is 0.290. The second kappa shape index (κ2) is 13.9. The van der Waals surface area contributed by atoms with Crippen molar-refractivity contribution in [3.05, 3.63) is 85.1 Å². The summed E-state index contributed by atoms with van der Waals surface area (Å²) in [5.41, 5.74) is 1.60. The van der Waals surface area contributed by atoms with Crippen LogP contribution in [0.1, 0.15) is 18.0 Å². The van der Waals surface area contributed by atoms with Gasteiger partial charge in [0.2, 0.25) is 11.9 Å². The second-order valence-corrected chi connectivity index (χ2v) is 11.0. The summed E-state index contributed by atoms with van der Waals surface area (Å²) in [6.45, 7) is -0.983. The lowest BCUT2D eigenvalue weighted by Crippen LogP contribution is -2.44. The summed E-state index contributed by atoms with van der Waals surface area (Å²) in [6.07, 6.45) is 1.58. The van der Waals surface area contributed by atoms with Gasteiger partial charge in [0.25, 0.3) is 0 Å². The molecule has 3 heterocycles. The number of amides is 2. The Morgan fingerprint density at radius 1 is 0.957 bits per heavy atom. The summed E-state index contributed by atoms with van der Waals surface area (Å²) < 4.78 is 8.33. The minimum Gasteiger partial charge on any atom is -0.410 e. The van der Waals surface area contributed by atoms with E-state index >= 15 is 0 Å². The van der Waals surface area contributed by atoms with Gasteiger partial charge in [-0.15, -0.1) is 0 Å². The first-order valence-electron chi connectivity index (χ1n) is 14.8. The van der Waals surface area contributed by atoms with Gasteiger partial charge in [0.1, 0.15) is 30.9 Å². The predicted molar refractivity (Wildman–Crippen MR) is 168 cm³/mol. The van der Waals surface area contributed by atoms with E-state index in [9.17, 15) is 24.9 Å². The molecule has 0 unspecified atom stereocenters. The Labute approximate surface area is 267 Å². The number of hydrogen-bond acceptors (Lipinski definition) is 12. The van der Waals surface area contributed by atoms with Gasteiger partial charge in [-0.3, -0.25) is 14.7 Å². The summed E-state index contributed by atoms with van der Waals surface area (Å²) in [4.78, 5) is 42.4. The summed E-state index contributed by atoms with van der Waals surface area (Å²) in [6, 6.07) is 16.1. The minimum atomic E-state index is -1.31. The van der Waals surface area contributed by atoms with Gasteiger partial charge in [0.15, 0.2) is 22.8 Å². The van der Waals surface area contributed by atoms with E-state index in [0.717, 1.165) is 5.56 Å². The first kappa shape index (κ1) is 31.6. The van der Waals surface area contributed by atoms with E-state index in [1.165, 1.54) is 23.4 Å². The number of para-hydroxylation sites is 1. The SMILES string of the molecule is O=C(CO)N[C@H]1C[C@@H](n2cnc3c(N[C@H](CO)Cc4ccccc4)nc(-n4cnc(NC(=O)Oc5ccccc5)c4)nc32)[C@H](O)[C@@H]1O. The molecule has 1 saturated carbocycles. The predicted octanol–water partition coefficient (Wildman–Crippen LogP) is 0.782. The van der Waals surface area contributed by atoms with E-state index in [-0.39, 0.29) is 36.3 Å². The van der Waals surface area contributed by atoms with Gasteiger partial charge in [-0.1, -0.05) is 48.5 Å². The fourth-order valence-corrected chi connectivity index (χ4v) is 5.52. The highest BCUT2D eigenvalue weighted by molar-refractivity contribution is 5.85. The van der Waals surface area contributed by atoms with E-state index in [0.29, 0.717) is 17.7 Å². The molecule has 0 aliphatic heterocycles. The maximum atomic E-state index is 12.4. The monoisotopic (exact) mass is 643 g/mol. The largest absolute Gasteiger partial charge is 0.418 e. The van der Waals surface area contributed by atoms with Crippen LogP contribution in [0.4, 0.5) is 16.4 Å². The van der Waals surface area contributed by atoms with Gasteiger partial charge < -0.3 is 40.4 Å². The highest BCUT2D eigenvalue weighted by Crippen LogP contribution is 2.34. The number of fused-ring (bicyclic) bond motifs is 1. The van der Waals surface area contributed by atoms with Gasteiger partial charge >= 0.3 is 6.09 Å². The molecule has 1 aliphatic rings. The third-order valence-electron chi connectivity index (χ3n) is 7.79. The number of rotatable bonds is 11. The summed E-state index contributed by atoms with van der Waals surface area (Å²) in [5.74, 6) is 0.233. The lowest BCUT2D eigenvalue weighted by atomic mass is 10.1. The average molecular weight is 644 g/mol. The number of nitrogens with one attached hydrogen (secondary N) is 3. The molecule has 5 aromatic rings. The number of nitrogens with zero attached hydrogens (tertiary/aromatic N) is 6. The number of benzene rings is 2. The van der Waals surface area contributed by atoms with Crippen LogP contribution >= 0.6 is 0 Å². The molecular weight excluding hydrogens is 610 g/mol. The van der Waals surface area contributed by atoms with E-state index in [4.69, 9.17) is 14.8 Å². The number of aliphatic hydroxyl groups is 4. The van der Waals surface area contributed by atoms with Crippen molar-refractivity contribution in [2.75, 3.05) is 23.8 Å². The molecule has 6 rings (SSSR count). The van der Waals surface area contributed by atoms with Crippen molar-refractivity contribution in [3.8, 4) is 11.7 Å². The molecule has 2 amide bonds. The molecule has 3 aromatic heterocycles. The van der Waals surface area contributed by atoms with Crippen LogP contribution in [0.25, 0.3) is 17.1 Å². The van der Waals surface area contributed by atoms with E-state index in [2.05, 4.69) is 30.9 Å². The number of anilines is 2. The van der Waals surface area contributed by atoms with Crippen LogP contribution in [0.3, 0.4) is 0 Å². The molecule has 0 bridgehead atoms. The molecule has 5 atom stereocenters. The molecule has 0 radical (unpaired) electrons. The van der Waals surface area contributed by atoms with Gasteiger partial charge in [0, 0.05) is 0 Å². The second-order valence-electron chi connectivity index (χ2n) is 11.0. The Hall–Kier alpha value is -5.42. The van der Waals surface area contributed by atoms with Crippen LogP contribution < -0.4 is 20.7 Å². The maximum Gasteiger partial charge on any atom is 0.418 e. The fourth-order valence-electron chi connectivity index (χ4n) is 5.52. The van der Waals surface area contributed by atoms with Crippen molar-refractivity contribution in [1.82, 2.24) is 34.4 Å². The first-order valence-corrected chi connectivity index (χ1v) is 14.8. The number of carbonyl (C=O) groups is 2. The van der Waals surface area contributed by atoms with E-state index < -0.39 is 48.9 Å². The van der Waals surface area contributed by atoms with Crippen molar-refractivity contribution >= 4 is 34.8 Å². The smallest absolute Gasteiger partial charge is 0.410 e. The molecule has 244 valence electrons. The van der Waals surface area contributed by atoms with Crippen LogP contribution in [-0.4, -0.2) is 99.0 Å². The zero-order chi connectivity index (χ0) is 32.9. The van der Waals surface area contributed by atoms with Crippen molar-refractivity contribution < 1.29 is 34.8 Å². The van der Waals surface area contributed by atoms with Crippen molar-refractivity contribution in [2.45, 2.75) is 43.2 Å². The van der Waals surface area contributed by atoms with Gasteiger partial charge in [-0.2, -0.15) is 9.97 Å². The van der Waals surface area contributed by atoms with Crippen LogP contribution in [0.15, 0.2) is 79.5 Å². The van der Waals surface area contributed by atoms with Gasteiger partial charge in [-0.05, 0) is 30.5 Å². The normalized spacial score (nSPS) is 19.7. The van der Waals surface area contributed by atoms with Crippen LogP contribution in [0, 0.1) is 0 Å². The highest BCUT2D eigenvalue weighted by atomic mass is 16.6. The topological polar surface area (TPSA) is 222 Å². The Morgan fingerprint density at radius 3 is 2.43 bits per heavy atom. The molecule has 1 aliphatic carbocycles. The van der Waals surface area contributed by atoms with Gasteiger partial charge in [-0.25, -0.2) is 14.8 Å². The average Bonchev–Trinajstić information content (AvgIpc) is 3.80. The maximum absolute atomic E-state index is 12.4. The summed E-state index contributed by atoms with van der Waals surface area (Å²) in [7, 11) is 0. The van der Waals surface area contributed by atoms with Crippen LogP contribution in [0.5, 0.6) is 5.75 Å². The molecule has 16 nitrogen and oxygen atoms in total.